The maximum Gasteiger partial charge on any atom is 0.345 e. The van der Waals surface area contributed by atoms with Crippen LogP contribution in [0.1, 0.15) is 13.3 Å². The van der Waals surface area contributed by atoms with Gasteiger partial charge in [-0.25, -0.2) is 0 Å². The van der Waals surface area contributed by atoms with Gasteiger partial charge in [0.1, 0.15) is 5.28 Å². The van der Waals surface area contributed by atoms with Crippen LogP contribution in [0.2, 0.25) is 0 Å². The highest BCUT2D eigenvalue weighted by Crippen LogP contribution is 2.64. The number of rotatable bonds is 1. The second-order valence-corrected chi connectivity index (χ2v) is 4.56. The maximum absolute atomic E-state index is 10.5. The third-order valence-electron chi connectivity index (χ3n) is 1.87. The molecule has 0 bridgehead atoms. The van der Waals surface area contributed by atoms with Crippen molar-refractivity contribution in [3.05, 3.63) is 0 Å². The van der Waals surface area contributed by atoms with Gasteiger partial charge in [0.05, 0.1) is 0 Å². The van der Waals surface area contributed by atoms with Gasteiger partial charge in [0.25, 0.3) is 0 Å². The van der Waals surface area contributed by atoms with E-state index in [0.717, 1.165) is 0 Å². The molecule has 0 radical (unpaired) electrons. The van der Waals surface area contributed by atoms with Gasteiger partial charge in [-0.3, -0.25) is 4.57 Å². The van der Waals surface area contributed by atoms with Gasteiger partial charge in [0.15, 0.2) is 0 Å². The molecule has 0 amide bonds. The van der Waals surface area contributed by atoms with Crippen LogP contribution < -0.4 is 5.73 Å². The van der Waals surface area contributed by atoms with Crippen molar-refractivity contribution in [2.24, 2.45) is 11.7 Å². The van der Waals surface area contributed by atoms with E-state index in [1.807, 2.05) is 0 Å². The van der Waals surface area contributed by atoms with E-state index in [2.05, 4.69) is 0 Å². The average Bonchev–Trinajstić information content (AvgIpc) is 2.13. The van der Waals surface area contributed by atoms with Crippen molar-refractivity contribution < 1.29 is 14.4 Å². The Hall–Kier alpha value is 0.110. The van der Waals surface area contributed by atoms with Crippen molar-refractivity contribution in [3.63, 3.8) is 0 Å². The Morgan fingerprint density at radius 2 is 2.11 bits per heavy atom. The Bertz CT molecular complexity index is 177. The normalized spacial score (nSPS) is 42.9. The third kappa shape index (κ3) is 0.923. The zero-order valence-corrected chi connectivity index (χ0v) is 6.01. The summed E-state index contributed by atoms with van der Waals surface area (Å²) in [5, 5.41) is -1.19. The maximum atomic E-state index is 10.5. The zero-order chi connectivity index (χ0) is 7.28. The first-order valence-electron chi connectivity index (χ1n) is 2.72. The summed E-state index contributed by atoms with van der Waals surface area (Å²) >= 11 is 0. The van der Waals surface area contributed by atoms with Gasteiger partial charge in [-0.1, -0.05) is 6.92 Å². The van der Waals surface area contributed by atoms with Crippen molar-refractivity contribution in [3.8, 4) is 0 Å². The number of nitrogens with two attached hydrogens (primary N) is 1. The predicted octanol–water partition coefficient (Wildman–Crippen LogP) is -0.141. The van der Waals surface area contributed by atoms with Crippen LogP contribution in [0.3, 0.4) is 0 Å². The molecule has 4 N–H and O–H groups in total. The van der Waals surface area contributed by atoms with Gasteiger partial charge in [0.2, 0.25) is 0 Å². The molecule has 1 rings (SSSR count). The van der Waals surface area contributed by atoms with E-state index >= 15 is 0 Å². The van der Waals surface area contributed by atoms with E-state index in [1.165, 1.54) is 0 Å². The van der Waals surface area contributed by atoms with Crippen LogP contribution >= 0.6 is 7.60 Å². The van der Waals surface area contributed by atoms with E-state index in [1.54, 1.807) is 6.92 Å². The molecule has 54 valence electrons. The molecule has 2 atom stereocenters. The van der Waals surface area contributed by atoms with E-state index < -0.39 is 12.9 Å². The lowest BCUT2D eigenvalue weighted by Gasteiger charge is -2.10. The lowest BCUT2D eigenvalue weighted by molar-refractivity contribution is 0.351. The molecular weight excluding hydrogens is 141 g/mol. The highest BCUT2D eigenvalue weighted by Gasteiger charge is 2.60. The van der Waals surface area contributed by atoms with Gasteiger partial charge < -0.3 is 15.5 Å². The summed E-state index contributed by atoms with van der Waals surface area (Å²) in [5.74, 6) is -0.0293. The Labute approximate surface area is 53.2 Å². The quantitative estimate of drug-likeness (QED) is 0.455. The molecule has 1 aliphatic carbocycles. The van der Waals surface area contributed by atoms with E-state index in [4.69, 9.17) is 15.5 Å². The van der Waals surface area contributed by atoms with Crippen molar-refractivity contribution in [1.29, 1.82) is 0 Å². The molecule has 4 nitrogen and oxygen atoms in total. The molecule has 0 aliphatic heterocycles. The highest BCUT2D eigenvalue weighted by atomic mass is 31.2. The first-order valence-corrected chi connectivity index (χ1v) is 4.34. The standard InChI is InChI=1S/C4H10NO3P/c1-3-2-4(3,5)9(6,7)8/h3H,2,5H2,1H3,(H2,6,7,8)/t3-,4+/m0/s1. The fraction of sp³-hybridized carbons (Fsp3) is 1.00. The van der Waals surface area contributed by atoms with Gasteiger partial charge in [-0.05, 0) is 12.3 Å². The Morgan fingerprint density at radius 3 is 2.11 bits per heavy atom. The molecule has 0 aromatic heterocycles. The fourth-order valence-corrected chi connectivity index (χ4v) is 1.92. The molecule has 0 spiro atoms. The third-order valence-corrected chi connectivity index (χ3v) is 3.58. The topological polar surface area (TPSA) is 83.6 Å². The SMILES string of the molecule is C[C@H]1C[C@@]1(N)P(=O)(O)O. The number of hydrogen-bond acceptors (Lipinski definition) is 2. The summed E-state index contributed by atoms with van der Waals surface area (Å²) in [7, 11) is -4.02. The fourth-order valence-electron chi connectivity index (χ4n) is 0.838. The predicted molar refractivity (Wildman–Crippen MR) is 32.7 cm³/mol. The van der Waals surface area contributed by atoms with Gasteiger partial charge >= 0.3 is 7.60 Å². The lowest BCUT2D eigenvalue weighted by atomic mass is 10.5. The molecule has 0 unspecified atom stereocenters. The van der Waals surface area contributed by atoms with Crippen LogP contribution in [0, 0.1) is 5.92 Å². The minimum atomic E-state index is -4.02. The lowest BCUT2D eigenvalue weighted by Crippen LogP contribution is -2.23. The Kier molecular flexibility index (Phi) is 1.27. The molecule has 0 heterocycles. The summed E-state index contributed by atoms with van der Waals surface area (Å²) in [6, 6.07) is 0. The van der Waals surface area contributed by atoms with Crippen molar-refractivity contribution in [2.75, 3.05) is 0 Å². The summed E-state index contributed by atoms with van der Waals surface area (Å²) in [6.45, 7) is 1.74. The minimum absolute atomic E-state index is 0.0293. The summed E-state index contributed by atoms with van der Waals surface area (Å²) in [6.07, 6.45) is 0.442. The summed E-state index contributed by atoms with van der Waals surface area (Å²) in [4.78, 5) is 17.1. The van der Waals surface area contributed by atoms with Crippen LogP contribution in [0.15, 0.2) is 0 Å². The van der Waals surface area contributed by atoms with Gasteiger partial charge in [-0.15, -0.1) is 0 Å². The van der Waals surface area contributed by atoms with Crippen molar-refractivity contribution in [1.82, 2.24) is 0 Å². The monoisotopic (exact) mass is 151 g/mol. The first-order chi connectivity index (χ1) is 3.88. The number of hydrogen-bond donors (Lipinski definition) is 3. The zero-order valence-electron chi connectivity index (χ0n) is 5.11. The largest absolute Gasteiger partial charge is 0.345 e. The minimum Gasteiger partial charge on any atom is -0.323 e. The van der Waals surface area contributed by atoms with Crippen LogP contribution in [0.4, 0.5) is 0 Å². The highest BCUT2D eigenvalue weighted by molar-refractivity contribution is 7.54. The molecule has 0 aromatic carbocycles. The van der Waals surface area contributed by atoms with Crippen LogP contribution in [0.5, 0.6) is 0 Å². The van der Waals surface area contributed by atoms with E-state index in [0.29, 0.717) is 6.42 Å². The van der Waals surface area contributed by atoms with Gasteiger partial charge in [0, 0.05) is 0 Å². The van der Waals surface area contributed by atoms with Crippen molar-refractivity contribution in [2.45, 2.75) is 18.6 Å². The Balaban J connectivity index is 2.76. The molecular formula is C4H10NO3P. The molecule has 1 fully saturated rings. The van der Waals surface area contributed by atoms with E-state index in [-0.39, 0.29) is 5.92 Å². The van der Waals surface area contributed by atoms with Gasteiger partial charge in [-0.2, -0.15) is 0 Å². The smallest absolute Gasteiger partial charge is 0.323 e. The molecule has 5 heteroatoms. The first kappa shape index (κ1) is 7.22. The summed E-state index contributed by atoms with van der Waals surface area (Å²) < 4.78 is 10.5. The summed E-state index contributed by atoms with van der Waals surface area (Å²) in [5.41, 5.74) is 5.30. The average molecular weight is 151 g/mol. The molecule has 1 saturated carbocycles. The van der Waals surface area contributed by atoms with Crippen LogP contribution in [-0.4, -0.2) is 15.1 Å². The second kappa shape index (κ2) is 1.58. The molecule has 1 aliphatic rings. The molecule has 0 saturated heterocycles. The van der Waals surface area contributed by atoms with Crippen LogP contribution in [-0.2, 0) is 4.57 Å². The van der Waals surface area contributed by atoms with Crippen molar-refractivity contribution >= 4 is 7.60 Å². The van der Waals surface area contributed by atoms with Crippen LogP contribution in [0.25, 0.3) is 0 Å². The Morgan fingerprint density at radius 1 is 1.78 bits per heavy atom. The molecule has 0 aromatic rings. The molecule has 9 heavy (non-hydrogen) atoms. The second-order valence-electron chi connectivity index (χ2n) is 2.64. The van der Waals surface area contributed by atoms with E-state index in [9.17, 15) is 4.57 Å².